The second-order valence-corrected chi connectivity index (χ2v) is 6.46. The number of hydrogen-bond acceptors (Lipinski definition) is 1. The summed E-state index contributed by atoms with van der Waals surface area (Å²) in [5.74, 6) is 1.63. The van der Waals surface area contributed by atoms with Crippen LogP contribution in [0.4, 0.5) is 0 Å². The van der Waals surface area contributed by atoms with E-state index in [2.05, 4.69) is 28.2 Å². The fourth-order valence-corrected chi connectivity index (χ4v) is 2.98. The van der Waals surface area contributed by atoms with Gasteiger partial charge >= 0.3 is 0 Å². The first-order chi connectivity index (χ1) is 8.72. The third-order valence-electron chi connectivity index (χ3n) is 3.91. The summed E-state index contributed by atoms with van der Waals surface area (Å²) in [6.45, 7) is 3.09. The number of nitrogens with one attached hydrogen (secondary N) is 1. The number of rotatable bonds is 7. The van der Waals surface area contributed by atoms with Gasteiger partial charge in [-0.15, -0.1) is 0 Å². The van der Waals surface area contributed by atoms with Crippen LogP contribution in [0.3, 0.4) is 0 Å². The highest BCUT2D eigenvalue weighted by Crippen LogP contribution is 2.25. The summed E-state index contributed by atoms with van der Waals surface area (Å²) in [6.07, 6.45) is 10.9. The Kier molecular flexibility index (Phi) is 8.74. The molecule has 1 amide bonds. The van der Waals surface area contributed by atoms with Crippen LogP contribution in [0.15, 0.2) is 0 Å². The van der Waals surface area contributed by atoms with Crippen LogP contribution in [-0.4, -0.2) is 17.8 Å². The van der Waals surface area contributed by atoms with E-state index in [1.807, 2.05) is 0 Å². The predicted molar refractivity (Wildman–Crippen MR) is 81.0 cm³/mol. The van der Waals surface area contributed by atoms with Gasteiger partial charge in [0.25, 0.3) is 0 Å². The maximum Gasteiger partial charge on any atom is 0.220 e. The molecule has 0 spiro atoms. The Morgan fingerprint density at radius 1 is 1.28 bits per heavy atom. The molecule has 1 N–H and O–H groups in total. The molecule has 1 atom stereocenters. The summed E-state index contributed by atoms with van der Waals surface area (Å²) < 4.78 is 0. The third-order valence-corrected chi connectivity index (χ3v) is 5.01. The van der Waals surface area contributed by atoms with Crippen molar-refractivity contribution in [2.75, 3.05) is 11.9 Å². The highest BCUT2D eigenvalue weighted by molar-refractivity contribution is 9.09. The van der Waals surface area contributed by atoms with Crippen molar-refractivity contribution in [3.8, 4) is 0 Å². The molecule has 1 rings (SSSR count). The maximum atomic E-state index is 11.8. The Morgan fingerprint density at radius 2 is 1.94 bits per heavy atom. The van der Waals surface area contributed by atoms with Crippen molar-refractivity contribution < 1.29 is 4.79 Å². The number of alkyl halides is 1. The predicted octanol–water partition coefficient (Wildman–Crippen LogP) is 4.27. The third kappa shape index (κ3) is 7.40. The van der Waals surface area contributed by atoms with Crippen LogP contribution in [-0.2, 0) is 4.79 Å². The lowest BCUT2D eigenvalue weighted by molar-refractivity contribution is -0.122. The van der Waals surface area contributed by atoms with E-state index in [-0.39, 0.29) is 5.91 Å². The van der Waals surface area contributed by atoms with Gasteiger partial charge in [-0.1, -0.05) is 48.5 Å². The van der Waals surface area contributed by atoms with Gasteiger partial charge in [-0.2, -0.15) is 0 Å². The molecule has 0 aromatic carbocycles. The maximum absolute atomic E-state index is 11.8. The Bertz CT molecular complexity index is 225. The zero-order chi connectivity index (χ0) is 13.2. The zero-order valence-corrected chi connectivity index (χ0v) is 13.3. The average Bonchev–Trinajstić information content (AvgIpc) is 2.63. The van der Waals surface area contributed by atoms with Crippen LogP contribution in [0.25, 0.3) is 0 Å². The Morgan fingerprint density at radius 3 is 2.56 bits per heavy atom. The molecule has 0 saturated heterocycles. The SMILES string of the molecule is CC(CBr)CCCNC(=O)CC1CCCCCC1. The fourth-order valence-electron chi connectivity index (χ4n) is 2.66. The van der Waals surface area contributed by atoms with E-state index in [0.29, 0.717) is 11.8 Å². The van der Waals surface area contributed by atoms with E-state index in [9.17, 15) is 4.79 Å². The molecule has 1 fully saturated rings. The molecule has 1 saturated carbocycles. The van der Waals surface area contributed by atoms with Gasteiger partial charge < -0.3 is 5.32 Å². The summed E-state index contributed by atoms with van der Waals surface area (Å²) in [5.41, 5.74) is 0. The number of amides is 1. The number of carbonyl (C=O) groups excluding carboxylic acids is 1. The second kappa shape index (κ2) is 9.82. The molecule has 0 bridgehead atoms. The van der Waals surface area contributed by atoms with Crippen LogP contribution in [0.5, 0.6) is 0 Å². The number of hydrogen-bond donors (Lipinski definition) is 1. The van der Waals surface area contributed by atoms with E-state index in [0.717, 1.165) is 24.7 Å². The lowest BCUT2D eigenvalue weighted by Gasteiger charge is -2.14. The van der Waals surface area contributed by atoms with Gasteiger partial charge in [-0.05, 0) is 37.5 Å². The minimum atomic E-state index is 0.272. The second-order valence-electron chi connectivity index (χ2n) is 5.81. The van der Waals surface area contributed by atoms with E-state index in [1.54, 1.807) is 0 Å². The van der Waals surface area contributed by atoms with Crippen molar-refractivity contribution in [3.05, 3.63) is 0 Å². The average molecular weight is 318 g/mol. The van der Waals surface area contributed by atoms with Crippen molar-refractivity contribution in [1.82, 2.24) is 5.32 Å². The van der Waals surface area contributed by atoms with Gasteiger partial charge in [0.15, 0.2) is 0 Å². The molecule has 0 radical (unpaired) electrons. The van der Waals surface area contributed by atoms with Gasteiger partial charge in [0.2, 0.25) is 5.91 Å². The molecule has 18 heavy (non-hydrogen) atoms. The number of halogens is 1. The summed E-state index contributed by atoms with van der Waals surface area (Å²) in [4.78, 5) is 11.8. The molecule has 1 aliphatic carbocycles. The lowest BCUT2D eigenvalue weighted by atomic mass is 9.96. The minimum Gasteiger partial charge on any atom is -0.356 e. The Labute approximate surface area is 120 Å². The molecule has 106 valence electrons. The van der Waals surface area contributed by atoms with Crippen molar-refractivity contribution in [2.45, 2.75) is 64.7 Å². The summed E-state index contributed by atoms with van der Waals surface area (Å²) in [5, 5.41) is 4.13. The Balaban J connectivity index is 2.05. The van der Waals surface area contributed by atoms with Crippen molar-refractivity contribution in [3.63, 3.8) is 0 Å². The first-order valence-corrected chi connectivity index (χ1v) is 8.67. The normalized spacial score (nSPS) is 19.2. The van der Waals surface area contributed by atoms with E-state index in [4.69, 9.17) is 0 Å². The lowest BCUT2D eigenvalue weighted by Crippen LogP contribution is -2.26. The highest BCUT2D eigenvalue weighted by Gasteiger charge is 2.15. The van der Waals surface area contributed by atoms with Crippen LogP contribution in [0, 0.1) is 11.8 Å². The first-order valence-electron chi connectivity index (χ1n) is 7.55. The monoisotopic (exact) mass is 317 g/mol. The molecule has 2 nitrogen and oxygen atoms in total. The molecule has 1 unspecified atom stereocenters. The van der Waals surface area contributed by atoms with Crippen LogP contribution in [0.1, 0.15) is 64.7 Å². The van der Waals surface area contributed by atoms with E-state index < -0.39 is 0 Å². The summed E-state index contributed by atoms with van der Waals surface area (Å²) in [6, 6.07) is 0. The molecule has 0 aliphatic heterocycles. The van der Waals surface area contributed by atoms with Crippen molar-refractivity contribution in [1.29, 1.82) is 0 Å². The molecule has 1 aliphatic rings. The van der Waals surface area contributed by atoms with Crippen LogP contribution < -0.4 is 5.32 Å². The van der Waals surface area contributed by atoms with E-state index in [1.165, 1.54) is 44.9 Å². The topological polar surface area (TPSA) is 29.1 Å². The minimum absolute atomic E-state index is 0.272. The van der Waals surface area contributed by atoms with Crippen molar-refractivity contribution >= 4 is 21.8 Å². The zero-order valence-electron chi connectivity index (χ0n) is 11.7. The summed E-state index contributed by atoms with van der Waals surface area (Å²) >= 11 is 3.48. The van der Waals surface area contributed by atoms with E-state index >= 15 is 0 Å². The summed E-state index contributed by atoms with van der Waals surface area (Å²) in [7, 11) is 0. The van der Waals surface area contributed by atoms with Gasteiger partial charge in [0.05, 0.1) is 0 Å². The van der Waals surface area contributed by atoms with Gasteiger partial charge in [0.1, 0.15) is 0 Å². The van der Waals surface area contributed by atoms with Gasteiger partial charge in [0, 0.05) is 18.3 Å². The largest absolute Gasteiger partial charge is 0.356 e. The first kappa shape index (κ1) is 16.0. The van der Waals surface area contributed by atoms with Gasteiger partial charge in [-0.25, -0.2) is 0 Å². The smallest absolute Gasteiger partial charge is 0.220 e. The standard InChI is InChI=1S/C15H28BrNO/c1-13(12-16)7-6-10-17-15(18)11-14-8-4-2-3-5-9-14/h13-14H,2-12H2,1H3,(H,17,18). The Hall–Kier alpha value is -0.0500. The van der Waals surface area contributed by atoms with Crippen molar-refractivity contribution in [2.24, 2.45) is 11.8 Å². The molecular weight excluding hydrogens is 290 g/mol. The van der Waals surface area contributed by atoms with Crippen LogP contribution in [0.2, 0.25) is 0 Å². The van der Waals surface area contributed by atoms with Crippen LogP contribution >= 0.6 is 15.9 Å². The molecule has 3 heteroatoms. The molecule has 0 heterocycles. The highest BCUT2D eigenvalue weighted by atomic mass is 79.9. The van der Waals surface area contributed by atoms with Gasteiger partial charge in [-0.3, -0.25) is 4.79 Å². The molecule has 0 aromatic heterocycles. The molecule has 0 aromatic rings. The molecular formula is C15H28BrNO. The quantitative estimate of drug-likeness (QED) is 0.424. The number of carbonyl (C=O) groups is 1. The fraction of sp³-hybridized carbons (Fsp3) is 0.933.